The predicted molar refractivity (Wildman–Crippen MR) is 200 cm³/mol. The Morgan fingerprint density at radius 3 is 1.60 bits per heavy atom. The summed E-state index contributed by atoms with van der Waals surface area (Å²) in [5.41, 5.74) is 7.14. The molecule has 0 aliphatic carbocycles. The Morgan fingerprint density at radius 2 is 0.958 bits per heavy atom. The molecule has 3 heterocycles. The number of imidazole rings is 2. The van der Waals surface area contributed by atoms with E-state index in [1.54, 1.807) is 0 Å². The van der Waals surface area contributed by atoms with Crippen molar-refractivity contribution in [2.45, 2.75) is 0 Å². The predicted octanol–water partition coefficient (Wildman–Crippen LogP) is 7.71. The van der Waals surface area contributed by atoms with E-state index >= 15 is 0 Å². The van der Waals surface area contributed by atoms with Gasteiger partial charge in [-0.15, -0.1) is 0 Å². The summed E-state index contributed by atoms with van der Waals surface area (Å²) in [4.78, 5) is 5.11. The molecule has 48 heavy (non-hydrogen) atoms. The first-order valence-corrected chi connectivity index (χ1v) is 18.3. The molecule has 0 N–H and O–H groups in total. The standard InChI is InChI=1S/C43H29N3OSi/c1-4-14-31(15-5-1)48(32-16-6-2-7-17-32,33-18-8-3-9-19-33)34-25-27-42-36(29-34)35-28-30(24-26-41(35)47-42)45-39-22-12-13-23-40(39)46-38-21-11-10-20-37(38)44-43(45)46/h1-29H. The molecule has 0 saturated carbocycles. The third-order valence-corrected chi connectivity index (χ3v) is 14.6. The first-order chi connectivity index (χ1) is 23.8. The monoisotopic (exact) mass is 631 g/mol. The van der Waals surface area contributed by atoms with Gasteiger partial charge in [0.25, 0.3) is 0 Å². The Kier molecular flexibility index (Phi) is 5.86. The quantitative estimate of drug-likeness (QED) is 0.144. The van der Waals surface area contributed by atoms with Crippen LogP contribution in [0.25, 0.3) is 55.5 Å². The second kappa shape index (κ2) is 10.4. The van der Waals surface area contributed by atoms with Crippen molar-refractivity contribution in [3.05, 3.63) is 176 Å². The van der Waals surface area contributed by atoms with Crippen molar-refractivity contribution in [1.82, 2.24) is 14.0 Å². The molecule has 0 bridgehead atoms. The number of hydrogen-bond acceptors (Lipinski definition) is 2. The van der Waals surface area contributed by atoms with E-state index in [9.17, 15) is 0 Å². The molecule has 7 aromatic carbocycles. The van der Waals surface area contributed by atoms with Gasteiger partial charge in [0.05, 0.1) is 27.8 Å². The van der Waals surface area contributed by atoms with Crippen molar-refractivity contribution in [3.8, 4) is 5.69 Å². The van der Waals surface area contributed by atoms with Crippen LogP contribution >= 0.6 is 0 Å². The summed E-state index contributed by atoms with van der Waals surface area (Å²) in [6.07, 6.45) is 0. The van der Waals surface area contributed by atoms with Crippen LogP contribution in [0.1, 0.15) is 0 Å². The average Bonchev–Trinajstić information content (AvgIpc) is 3.82. The van der Waals surface area contributed by atoms with Crippen molar-refractivity contribution in [2.24, 2.45) is 0 Å². The van der Waals surface area contributed by atoms with Gasteiger partial charge in [-0.1, -0.05) is 127 Å². The van der Waals surface area contributed by atoms with Gasteiger partial charge in [0.15, 0.2) is 8.07 Å². The average molecular weight is 632 g/mol. The van der Waals surface area contributed by atoms with E-state index in [1.165, 1.54) is 20.7 Å². The summed E-state index contributed by atoms with van der Waals surface area (Å²) in [6.45, 7) is 0. The summed E-state index contributed by atoms with van der Waals surface area (Å²) < 4.78 is 11.1. The molecule has 0 spiro atoms. The fraction of sp³-hybridized carbons (Fsp3) is 0. The van der Waals surface area contributed by atoms with E-state index in [0.717, 1.165) is 55.5 Å². The van der Waals surface area contributed by atoms with E-state index in [-0.39, 0.29) is 0 Å². The fourth-order valence-corrected chi connectivity index (χ4v) is 12.6. The highest BCUT2D eigenvalue weighted by Gasteiger charge is 2.41. The minimum absolute atomic E-state index is 0.873. The third kappa shape index (κ3) is 3.79. The van der Waals surface area contributed by atoms with Crippen LogP contribution in [0.5, 0.6) is 0 Å². The number of rotatable bonds is 5. The van der Waals surface area contributed by atoms with Gasteiger partial charge in [-0.25, -0.2) is 4.98 Å². The van der Waals surface area contributed by atoms with Gasteiger partial charge < -0.3 is 4.42 Å². The Balaban J connectivity index is 1.26. The summed E-state index contributed by atoms with van der Waals surface area (Å²) in [7, 11) is -2.70. The van der Waals surface area contributed by atoms with Crippen LogP contribution in [0.3, 0.4) is 0 Å². The molecule has 226 valence electrons. The molecule has 0 aliphatic heterocycles. The molecule has 3 aromatic heterocycles. The highest BCUT2D eigenvalue weighted by molar-refractivity contribution is 7.20. The molecule has 0 saturated heterocycles. The summed E-state index contributed by atoms with van der Waals surface area (Å²) in [6, 6.07) is 63.4. The molecule has 4 nitrogen and oxygen atoms in total. The number of furan rings is 1. The van der Waals surface area contributed by atoms with Crippen LogP contribution in [0.2, 0.25) is 0 Å². The topological polar surface area (TPSA) is 35.4 Å². The summed E-state index contributed by atoms with van der Waals surface area (Å²) in [5.74, 6) is 0.897. The zero-order chi connectivity index (χ0) is 31.7. The van der Waals surface area contributed by atoms with Crippen molar-refractivity contribution in [1.29, 1.82) is 0 Å². The zero-order valence-electron chi connectivity index (χ0n) is 26.0. The number of fused-ring (bicyclic) bond motifs is 8. The maximum atomic E-state index is 6.52. The first-order valence-electron chi connectivity index (χ1n) is 16.3. The number of benzene rings is 7. The molecule has 0 atom stereocenters. The molecular formula is C43H29N3OSi. The van der Waals surface area contributed by atoms with Crippen molar-refractivity contribution >= 4 is 78.6 Å². The minimum Gasteiger partial charge on any atom is -0.456 e. The lowest BCUT2D eigenvalue weighted by Crippen LogP contribution is -2.74. The van der Waals surface area contributed by atoms with Crippen molar-refractivity contribution in [2.75, 3.05) is 0 Å². The van der Waals surface area contributed by atoms with E-state index in [1.807, 2.05) is 6.07 Å². The Morgan fingerprint density at radius 1 is 0.438 bits per heavy atom. The molecule has 5 heteroatoms. The molecule has 10 aromatic rings. The van der Waals surface area contributed by atoms with Crippen LogP contribution in [-0.2, 0) is 0 Å². The number of hydrogen-bond donors (Lipinski definition) is 0. The van der Waals surface area contributed by atoms with Crippen molar-refractivity contribution < 1.29 is 4.42 Å². The van der Waals surface area contributed by atoms with Gasteiger partial charge in [0, 0.05) is 10.8 Å². The molecule has 0 radical (unpaired) electrons. The zero-order valence-corrected chi connectivity index (χ0v) is 27.0. The van der Waals surface area contributed by atoms with Gasteiger partial charge in [0.1, 0.15) is 11.2 Å². The Labute approximate surface area is 277 Å². The van der Waals surface area contributed by atoms with Gasteiger partial charge in [-0.05, 0) is 69.3 Å². The maximum Gasteiger partial charge on any atom is 0.220 e. The van der Waals surface area contributed by atoms with E-state index < -0.39 is 8.07 Å². The maximum absolute atomic E-state index is 6.52. The molecule has 0 amide bonds. The second-order valence-electron chi connectivity index (χ2n) is 12.4. The van der Waals surface area contributed by atoms with E-state index in [2.05, 4.69) is 179 Å². The second-order valence-corrected chi connectivity index (χ2v) is 16.2. The Bertz CT molecular complexity index is 2680. The lowest BCUT2D eigenvalue weighted by molar-refractivity contribution is 0.669. The molecule has 0 fully saturated rings. The molecular weight excluding hydrogens is 603 g/mol. The highest BCUT2D eigenvalue weighted by atomic mass is 28.3. The van der Waals surface area contributed by atoms with Gasteiger partial charge in [-0.3, -0.25) is 8.97 Å². The largest absolute Gasteiger partial charge is 0.456 e. The van der Waals surface area contributed by atoms with Gasteiger partial charge in [0.2, 0.25) is 5.78 Å². The normalized spacial score (nSPS) is 12.2. The minimum atomic E-state index is -2.70. The molecule has 0 unspecified atom stereocenters. The molecule has 10 rings (SSSR count). The lowest BCUT2D eigenvalue weighted by atomic mass is 10.1. The van der Waals surface area contributed by atoms with Gasteiger partial charge in [-0.2, -0.15) is 0 Å². The van der Waals surface area contributed by atoms with E-state index in [0.29, 0.717) is 0 Å². The van der Waals surface area contributed by atoms with E-state index in [4.69, 9.17) is 9.40 Å². The van der Waals surface area contributed by atoms with Crippen molar-refractivity contribution in [3.63, 3.8) is 0 Å². The van der Waals surface area contributed by atoms with Crippen LogP contribution in [-0.4, -0.2) is 22.0 Å². The molecule has 0 aliphatic rings. The number of para-hydroxylation sites is 4. The fourth-order valence-electron chi connectivity index (χ4n) is 7.81. The number of aromatic nitrogens is 3. The first kappa shape index (κ1) is 27.0. The summed E-state index contributed by atoms with van der Waals surface area (Å²) in [5, 5.41) is 7.58. The Hall–Kier alpha value is -6.17. The van der Waals surface area contributed by atoms with Crippen LogP contribution < -0.4 is 20.7 Å². The number of nitrogens with zero attached hydrogens (tertiary/aromatic N) is 3. The smallest absolute Gasteiger partial charge is 0.220 e. The van der Waals surface area contributed by atoms with Gasteiger partial charge >= 0.3 is 0 Å². The summed E-state index contributed by atoms with van der Waals surface area (Å²) >= 11 is 0. The van der Waals surface area contributed by atoms with Crippen LogP contribution in [0, 0.1) is 0 Å². The lowest BCUT2D eigenvalue weighted by Gasteiger charge is -2.34. The van der Waals surface area contributed by atoms with Crippen LogP contribution in [0.15, 0.2) is 180 Å². The highest BCUT2D eigenvalue weighted by Crippen LogP contribution is 2.34. The third-order valence-electron chi connectivity index (χ3n) is 9.87. The van der Waals surface area contributed by atoms with Crippen LogP contribution in [0.4, 0.5) is 0 Å². The SMILES string of the molecule is c1ccc([Si](c2ccccc2)(c2ccccc2)c2ccc3oc4ccc(-n5c6ccccc6n6c7ccccc7nc56)cc4c3c2)cc1.